The quantitative estimate of drug-likeness (QED) is 0.816. The van der Waals surface area contributed by atoms with E-state index in [4.69, 9.17) is 4.98 Å². The molecule has 29 heavy (non-hydrogen) atoms. The van der Waals surface area contributed by atoms with E-state index >= 15 is 0 Å². The van der Waals surface area contributed by atoms with Gasteiger partial charge >= 0.3 is 0 Å². The number of fused-ring (bicyclic) bond motifs is 1. The van der Waals surface area contributed by atoms with Crippen molar-refractivity contribution in [1.29, 1.82) is 0 Å². The number of hydrogen-bond acceptors (Lipinski definition) is 6. The minimum absolute atomic E-state index is 0.103. The Labute approximate surface area is 172 Å². The topological polar surface area (TPSA) is 73.4 Å². The average molecular weight is 395 g/mol. The van der Waals surface area contributed by atoms with Crippen LogP contribution in [0.15, 0.2) is 30.5 Å². The molecular weight excluding hydrogens is 364 g/mol. The highest BCUT2D eigenvalue weighted by Gasteiger charge is 2.41. The number of aromatic nitrogens is 2. The summed E-state index contributed by atoms with van der Waals surface area (Å²) < 4.78 is 0. The van der Waals surface area contributed by atoms with Gasteiger partial charge in [-0.15, -0.1) is 0 Å². The number of carbonyl (C=O) groups excluding carboxylic acids is 1. The van der Waals surface area contributed by atoms with Crippen LogP contribution in [0, 0.1) is 5.41 Å². The van der Waals surface area contributed by atoms with Crippen LogP contribution >= 0.6 is 0 Å². The van der Waals surface area contributed by atoms with E-state index in [2.05, 4.69) is 20.5 Å². The Morgan fingerprint density at radius 3 is 2.41 bits per heavy atom. The molecule has 0 unspecified atom stereocenters. The average Bonchev–Trinajstić information content (AvgIpc) is 3.24. The Kier molecular flexibility index (Phi) is 5.06. The number of benzene rings is 1. The molecule has 1 aromatic heterocycles. The maximum absolute atomic E-state index is 13.0. The largest absolute Gasteiger partial charge is 0.388 e. The van der Waals surface area contributed by atoms with E-state index in [0.717, 1.165) is 35.7 Å². The molecule has 7 nitrogen and oxygen atoms in total. The number of nitrogens with zero attached hydrogens (tertiary/aromatic N) is 4. The molecule has 1 aliphatic carbocycles. The monoisotopic (exact) mass is 394 g/mol. The fourth-order valence-electron chi connectivity index (χ4n) is 4.37. The second kappa shape index (κ2) is 7.54. The number of anilines is 5. The molecule has 2 N–H and O–H groups in total. The molecule has 154 valence electrons. The second-order valence-corrected chi connectivity index (χ2v) is 8.67. The van der Waals surface area contributed by atoms with Crippen LogP contribution in [0.2, 0.25) is 0 Å². The maximum Gasteiger partial charge on any atom is 0.234 e. The summed E-state index contributed by atoms with van der Waals surface area (Å²) in [5, 5.41) is 6.42. The van der Waals surface area contributed by atoms with E-state index in [-0.39, 0.29) is 5.91 Å². The highest BCUT2D eigenvalue weighted by molar-refractivity contribution is 6.00. The Hall–Kier alpha value is -2.83. The molecule has 0 saturated heterocycles. The van der Waals surface area contributed by atoms with Crippen molar-refractivity contribution in [3.63, 3.8) is 0 Å². The van der Waals surface area contributed by atoms with Crippen molar-refractivity contribution < 1.29 is 4.79 Å². The Morgan fingerprint density at radius 1 is 1.10 bits per heavy atom. The normalized spacial score (nSPS) is 19.1. The van der Waals surface area contributed by atoms with E-state index in [9.17, 15) is 4.79 Å². The summed E-state index contributed by atoms with van der Waals surface area (Å²) in [6.45, 7) is 4.71. The lowest BCUT2D eigenvalue weighted by Crippen LogP contribution is -2.45. The first-order valence-corrected chi connectivity index (χ1v) is 10.4. The van der Waals surface area contributed by atoms with Crippen molar-refractivity contribution in [2.24, 2.45) is 5.41 Å². The number of carbonyl (C=O) groups is 1. The highest BCUT2D eigenvalue weighted by Crippen LogP contribution is 2.40. The van der Waals surface area contributed by atoms with Crippen LogP contribution in [0.4, 0.5) is 28.8 Å². The van der Waals surface area contributed by atoms with Crippen molar-refractivity contribution in [3.8, 4) is 0 Å². The van der Waals surface area contributed by atoms with Gasteiger partial charge in [-0.05, 0) is 51.0 Å². The Balaban J connectivity index is 1.71. The van der Waals surface area contributed by atoms with Crippen LogP contribution in [0.5, 0.6) is 0 Å². The number of rotatable bonds is 4. The summed E-state index contributed by atoms with van der Waals surface area (Å²) >= 11 is 0. The van der Waals surface area contributed by atoms with Gasteiger partial charge in [0.1, 0.15) is 5.69 Å². The van der Waals surface area contributed by atoms with E-state index in [0.29, 0.717) is 18.5 Å². The van der Waals surface area contributed by atoms with Gasteiger partial charge in [0.25, 0.3) is 0 Å². The standard InChI is InChI=1S/C22H30N6O/c1-22(2)14-28(17-7-5-6-8-17)19-18(27(4)20(22)29)13-24-21(26-19)25-16-11-9-15(23-3)10-12-16/h9-13,17,23H,5-8,14H2,1-4H3,(H,24,25,26). The maximum atomic E-state index is 13.0. The molecule has 1 aromatic carbocycles. The van der Waals surface area contributed by atoms with Gasteiger partial charge in [0.15, 0.2) is 5.82 Å². The van der Waals surface area contributed by atoms with Crippen molar-refractivity contribution in [3.05, 3.63) is 30.5 Å². The highest BCUT2D eigenvalue weighted by atomic mass is 16.2. The van der Waals surface area contributed by atoms with Gasteiger partial charge in [-0.1, -0.05) is 12.8 Å². The Bertz CT molecular complexity index is 889. The molecule has 4 rings (SSSR count). The summed E-state index contributed by atoms with van der Waals surface area (Å²) in [5.41, 5.74) is 2.28. The van der Waals surface area contributed by atoms with E-state index in [1.54, 1.807) is 11.1 Å². The third-order valence-corrected chi connectivity index (χ3v) is 6.03. The smallest absolute Gasteiger partial charge is 0.234 e. The van der Waals surface area contributed by atoms with E-state index in [1.807, 2.05) is 52.2 Å². The zero-order valence-electron chi connectivity index (χ0n) is 17.7. The first-order chi connectivity index (χ1) is 13.9. The number of nitrogens with one attached hydrogen (secondary N) is 2. The number of hydrogen-bond donors (Lipinski definition) is 2. The predicted molar refractivity (Wildman–Crippen MR) is 118 cm³/mol. The lowest BCUT2D eigenvalue weighted by Gasteiger charge is -2.34. The molecule has 0 bridgehead atoms. The molecule has 1 amide bonds. The van der Waals surface area contributed by atoms with E-state index < -0.39 is 5.41 Å². The lowest BCUT2D eigenvalue weighted by molar-refractivity contribution is -0.125. The van der Waals surface area contributed by atoms with Crippen LogP contribution in [-0.2, 0) is 4.79 Å². The molecule has 0 spiro atoms. The molecule has 7 heteroatoms. The van der Waals surface area contributed by atoms with Crippen LogP contribution in [0.3, 0.4) is 0 Å². The molecule has 1 fully saturated rings. The summed E-state index contributed by atoms with van der Waals surface area (Å²) in [4.78, 5) is 26.5. The van der Waals surface area contributed by atoms with Gasteiger partial charge in [-0.25, -0.2) is 4.98 Å². The summed E-state index contributed by atoms with van der Waals surface area (Å²) in [7, 11) is 3.73. The third-order valence-electron chi connectivity index (χ3n) is 6.03. The number of amides is 1. The summed E-state index contributed by atoms with van der Waals surface area (Å²) in [5.74, 6) is 1.50. The van der Waals surface area contributed by atoms with Gasteiger partial charge < -0.3 is 20.4 Å². The SMILES string of the molecule is CNc1ccc(Nc2ncc3c(n2)N(C2CCCC2)CC(C)(C)C(=O)N3C)cc1. The van der Waals surface area contributed by atoms with Crippen molar-refractivity contribution >= 4 is 34.7 Å². The van der Waals surface area contributed by atoms with Gasteiger partial charge in [0, 0.05) is 38.1 Å². The minimum Gasteiger partial charge on any atom is -0.388 e. The predicted octanol–water partition coefficient (Wildman–Crippen LogP) is 4.01. The first-order valence-electron chi connectivity index (χ1n) is 10.4. The molecule has 2 aromatic rings. The van der Waals surface area contributed by atoms with Crippen LogP contribution in [-0.4, -0.2) is 42.6 Å². The molecule has 1 aliphatic heterocycles. The van der Waals surface area contributed by atoms with Crippen molar-refractivity contribution in [2.75, 3.05) is 41.1 Å². The molecule has 1 saturated carbocycles. The molecule has 0 atom stereocenters. The summed E-state index contributed by atoms with van der Waals surface area (Å²) in [6.07, 6.45) is 6.52. The van der Waals surface area contributed by atoms with Gasteiger partial charge in [-0.3, -0.25) is 4.79 Å². The Morgan fingerprint density at radius 2 is 1.76 bits per heavy atom. The molecule has 2 heterocycles. The van der Waals surface area contributed by atoms with Crippen LogP contribution in [0.1, 0.15) is 39.5 Å². The first kappa shape index (κ1) is 19.5. The van der Waals surface area contributed by atoms with Crippen LogP contribution < -0.4 is 20.4 Å². The molecule has 0 radical (unpaired) electrons. The summed E-state index contributed by atoms with van der Waals surface area (Å²) in [6, 6.07) is 8.42. The molecular formula is C22H30N6O. The van der Waals surface area contributed by atoms with Gasteiger partial charge in [0.05, 0.1) is 11.6 Å². The van der Waals surface area contributed by atoms with Crippen LogP contribution in [0.25, 0.3) is 0 Å². The van der Waals surface area contributed by atoms with Gasteiger partial charge in [-0.2, -0.15) is 4.98 Å². The fraction of sp³-hybridized carbons (Fsp3) is 0.500. The zero-order chi connectivity index (χ0) is 20.6. The van der Waals surface area contributed by atoms with Gasteiger partial charge in [0.2, 0.25) is 11.9 Å². The molecule has 2 aliphatic rings. The van der Waals surface area contributed by atoms with E-state index in [1.165, 1.54) is 12.8 Å². The van der Waals surface area contributed by atoms with Crippen molar-refractivity contribution in [2.45, 2.75) is 45.6 Å². The minimum atomic E-state index is -0.478. The zero-order valence-corrected chi connectivity index (χ0v) is 17.7. The van der Waals surface area contributed by atoms with Crippen molar-refractivity contribution in [1.82, 2.24) is 9.97 Å². The lowest BCUT2D eigenvalue weighted by atomic mass is 9.91. The fourth-order valence-corrected chi connectivity index (χ4v) is 4.37. The third kappa shape index (κ3) is 3.73. The second-order valence-electron chi connectivity index (χ2n) is 8.67.